The summed E-state index contributed by atoms with van der Waals surface area (Å²) in [6.07, 6.45) is 5.25. The molecule has 20 heavy (non-hydrogen) atoms. The monoisotopic (exact) mass is 367 g/mol. The molecular weight excluding hydrogens is 342 g/mol. The van der Waals surface area contributed by atoms with Gasteiger partial charge in [0.1, 0.15) is 0 Å². The molecule has 0 aromatic rings. The van der Waals surface area contributed by atoms with Gasteiger partial charge in [0.15, 0.2) is 0 Å². The minimum atomic E-state index is -3.24. The van der Waals surface area contributed by atoms with Crippen molar-refractivity contribution >= 4 is 26.1 Å². The lowest BCUT2D eigenvalue weighted by molar-refractivity contribution is 0.299. The molecule has 0 atom stereocenters. The van der Waals surface area contributed by atoms with Gasteiger partial charge in [-0.25, -0.2) is 0 Å². The maximum atomic E-state index is 12.7. The lowest BCUT2D eigenvalue weighted by Gasteiger charge is -2.28. The fourth-order valence-corrected chi connectivity index (χ4v) is 5.18. The molecule has 0 unspecified atom stereocenters. The van der Waals surface area contributed by atoms with Crippen LogP contribution in [0.4, 0.5) is 0 Å². The standard InChI is InChI=1S/C13H26BrN3O2S/c14-6-11-15-7-5-10-17(13-12-15)20(18,19)16-8-3-1-2-4-9-16/h1-13H2. The second-order valence-corrected chi connectivity index (χ2v) is 8.33. The van der Waals surface area contributed by atoms with Crippen LogP contribution < -0.4 is 0 Å². The summed E-state index contributed by atoms with van der Waals surface area (Å²) >= 11 is 3.45. The minimum Gasteiger partial charge on any atom is -0.301 e. The Morgan fingerprint density at radius 1 is 0.750 bits per heavy atom. The van der Waals surface area contributed by atoms with Crippen molar-refractivity contribution in [3.63, 3.8) is 0 Å². The van der Waals surface area contributed by atoms with Gasteiger partial charge in [0.25, 0.3) is 10.2 Å². The van der Waals surface area contributed by atoms with Gasteiger partial charge in [-0.05, 0) is 25.8 Å². The van der Waals surface area contributed by atoms with Crippen molar-refractivity contribution in [3.8, 4) is 0 Å². The zero-order chi connectivity index (χ0) is 14.4. The molecule has 0 aromatic carbocycles. The molecule has 0 N–H and O–H groups in total. The van der Waals surface area contributed by atoms with Crippen LogP contribution in [0.5, 0.6) is 0 Å². The summed E-state index contributed by atoms with van der Waals surface area (Å²) in [5, 5.41) is 0.950. The van der Waals surface area contributed by atoms with E-state index in [0.29, 0.717) is 26.2 Å². The van der Waals surface area contributed by atoms with E-state index in [1.165, 1.54) is 0 Å². The van der Waals surface area contributed by atoms with Crippen LogP contribution in [0.1, 0.15) is 32.1 Å². The molecule has 2 saturated heterocycles. The lowest BCUT2D eigenvalue weighted by Crippen LogP contribution is -2.45. The summed E-state index contributed by atoms with van der Waals surface area (Å²) in [6.45, 7) is 5.53. The molecule has 2 aliphatic heterocycles. The minimum absolute atomic E-state index is 0.631. The van der Waals surface area contributed by atoms with E-state index in [0.717, 1.165) is 57.1 Å². The van der Waals surface area contributed by atoms with Crippen LogP contribution in [0.3, 0.4) is 0 Å². The topological polar surface area (TPSA) is 43.9 Å². The largest absolute Gasteiger partial charge is 0.301 e. The van der Waals surface area contributed by atoms with Crippen LogP contribution in [-0.4, -0.2) is 73.1 Å². The first-order valence-corrected chi connectivity index (χ1v) is 10.2. The van der Waals surface area contributed by atoms with Crippen LogP contribution in [0.15, 0.2) is 0 Å². The highest BCUT2D eigenvalue weighted by Crippen LogP contribution is 2.18. The van der Waals surface area contributed by atoms with Gasteiger partial charge in [-0.15, -0.1) is 0 Å². The van der Waals surface area contributed by atoms with Crippen molar-refractivity contribution in [2.24, 2.45) is 0 Å². The molecule has 7 heteroatoms. The van der Waals surface area contributed by atoms with Crippen LogP contribution in [0.2, 0.25) is 0 Å². The third-order valence-corrected chi connectivity index (χ3v) is 6.56. The first-order chi connectivity index (χ1) is 9.64. The van der Waals surface area contributed by atoms with Crippen LogP contribution in [0.25, 0.3) is 0 Å². The summed E-state index contributed by atoms with van der Waals surface area (Å²) in [4.78, 5) is 2.34. The summed E-state index contributed by atoms with van der Waals surface area (Å²) in [7, 11) is -3.24. The fourth-order valence-electron chi connectivity index (χ4n) is 2.96. The van der Waals surface area contributed by atoms with Gasteiger partial charge < -0.3 is 4.90 Å². The number of hydrogen-bond acceptors (Lipinski definition) is 3. The molecule has 0 bridgehead atoms. The van der Waals surface area contributed by atoms with Crippen LogP contribution >= 0.6 is 15.9 Å². The second kappa shape index (κ2) is 8.08. The van der Waals surface area contributed by atoms with E-state index in [2.05, 4.69) is 20.8 Å². The van der Waals surface area contributed by atoms with Gasteiger partial charge in [-0.3, -0.25) is 0 Å². The Balaban J connectivity index is 1.97. The van der Waals surface area contributed by atoms with E-state index in [1.54, 1.807) is 8.61 Å². The van der Waals surface area contributed by atoms with Crippen molar-refractivity contribution in [1.82, 2.24) is 13.5 Å². The summed E-state index contributed by atoms with van der Waals surface area (Å²) < 4.78 is 28.9. The Morgan fingerprint density at radius 2 is 1.35 bits per heavy atom. The first-order valence-electron chi connectivity index (χ1n) is 7.68. The van der Waals surface area contributed by atoms with Gasteiger partial charge in [-0.1, -0.05) is 28.8 Å². The molecule has 0 amide bonds. The van der Waals surface area contributed by atoms with Gasteiger partial charge in [-0.2, -0.15) is 17.0 Å². The van der Waals surface area contributed by atoms with Crippen molar-refractivity contribution in [1.29, 1.82) is 0 Å². The third-order valence-electron chi connectivity index (χ3n) is 4.17. The zero-order valence-corrected chi connectivity index (χ0v) is 14.5. The van der Waals surface area contributed by atoms with Gasteiger partial charge >= 0.3 is 0 Å². The Morgan fingerprint density at radius 3 is 2.00 bits per heavy atom. The first kappa shape index (κ1) is 16.7. The Bertz CT molecular complexity index is 383. The lowest BCUT2D eigenvalue weighted by atomic mass is 10.2. The molecule has 0 saturated carbocycles. The molecule has 0 radical (unpaired) electrons. The van der Waals surface area contributed by atoms with Crippen LogP contribution in [0, 0.1) is 0 Å². The Labute approximate surface area is 131 Å². The molecule has 0 aromatic heterocycles. The van der Waals surface area contributed by atoms with E-state index in [4.69, 9.17) is 0 Å². The average molecular weight is 368 g/mol. The predicted octanol–water partition coefficient (Wildman–Crippen LogP) is 1.51. The number of rotatable bonds is 4. The maximum absolute atomic E-state index is 12.7. The SMILES string of the molecule is O=S(=O)(N1CCCCCC1)N1CCCN(CCBr)CC1. The van der Waals surface area contributed by atoms with Gasteiger partial charge in [0, 0.05) is 44.6 Å². The van der Waals surface area contributed by atoms with E-state index < -0.39 is 10.2 Å². The number of hydrogen-bond donors (Lipinski definition) is 0. The Hall–Kier alpha value is 0.310. The number of halogens is 1. The van der Waals surface area contributed by atoms with Gasteiger partial charge in [0.2, 0.25) is 0 Å². The fraction of sp³-hybridized carbons (Fsp3) is 1.00. The van der Waals surface area contributed by atoms with E-state index in [9.17, 15) is 8.42 Å². The van der Waals surface area contributed by atoms with E-state index in [-0.39, 0.29) is 0 Å². The zero-order valence-electron chi connectivity index (χ0n) is 12.1. The van der Waals surface area contributed by atoms with Crippen molar-refractivity contribution in [3.05, 3.63) is 0 Å². The Kier molecular flexibility index (Phi) is 6.74. The summed E-state index contributed by atoms with van der Waals surface area (Å²) in [5.74, 6) is 0. The highest BCUT2D eigenvalue weighted by Gasteiger charge is 2.31. The van der Waals surface area contributed by atoms with Gasteiger partial charge in [0.05, 0.1) is 0 Å². The molecule has 5 nitrogen and oxygen atoms in total. The second-order valence-electron chi connectivity index (χ2n) is 5.60. The molecule has 118 valence electrons. The molecule has 0 aliphatic carbocycles. The normalized spacial score (nSPS) is 25.2. The summed E-state index contributed by atoms with van der Waals surface area (Å²) in [5.41, 5.74) is 0. The maximum Gasteiger partial charge on any atom is 0.282 e. The molecular formula is C13H26BrN3O2S. The highest BCUT2D eigenvalue weighted by atomic mass is 79.9. The van der Waals surface area contributed by atoms with Crippen LogP contribution in [-0.2, 0) is 10.2 Å². The highest BCUT2D eigenvalue weighted by molar-refractivity contribution is 9.09. The number of nitrogens with zero attached hydrogens (tertiary/aromatic N) is 3. The summed E-state index contributed by atoms with van der Waals surface area (Å²) in [6, 6.07) is 0. The average Bonchev–Trinajstić information content (AvgIpc) is 2.82. The third kappa shape index (κ3) is 4.40. The molecule has 2 heterocycles. The van der Waals surface area contributed by atoms with E-state index in [1.807, 2.05) is 0 Å². The molecule has 2 fully saturated rings. The smallest absolute Gasteiger partial charge is 0.282 e. The number of alkyl halides is 1. The molecule has 0 spiro atoms. The molecule has 2 aliphatic rings. The predicted molar refractivity (Wildman–Crippen MR) is 85.4 cm³/mol. The molecule has 2 rings (SSSR count). The van der Waals surface area contributed by atoms with Crippen molar-refractivity contribution in [2.45, 2.75) is 32.1 Å². The quantitative estimate of drug-likeness (QED) is 0.707. The van der Waals surface area contributed by atoms with E-state index >= 15 is 0 Å². The van der Waals surface area contributed by atoms with Crippen molar-refractivity contribution < 1.29 is 8.42 Å². The van der Waals surface area contributed by atoms with Crippen molar-refractivity contribution in [2.75, 3.05) is 51.1 Å².